The van der Waals surface area contributed by atoms with E-state index in [2.05, 4.69) is 20.8 Å². The van der Waals surface area contributed by atoms with Gasteiger partial charge in [0.05, 0.1) is 12.3 Å². The Morgan fingerprint density at radius 1 is 1.08 bits per heavy atom. The van der Waals surface area contributed by atoms with Crippen LogP contribution in [-0.4, -0.2) is 27.8 Å². The lowest BCUT2D eigenvalue weighted by atomic mass is 10.2. The van der Waals surface area contributed by atoms with Gasteiger partial charge in [0.15, 0.2) is 4.34 Å². The van der Waals surface area contributed by atoms with E-state index in [0.29, 0.717) is 21.6 Å². The van der Waals surface area contributed by atoms with Crippen LogP contribution in [0.2, 0.25) is 0 Å². The topological polar surface area (TPSA) is 84.0 Å². The first-order chi connectivity index (χ1) is 12.2. The van der Waals surface area contributed by atoms with Gasteiger partial charge in [0.1, 0.15) is 0 Å². The summed E-state index contributed by atoms with van der Waals surface area (Å²) in [6.07, 6.45) is 0. The van der Waals surface area contributed by atoms with Gasteiger partial charge in [-0.1, -0.05) is 47.4 Å². The molecular formula is C16H14N4O2S3. The average Bonchev–Trinajstić information content (AvgIpc) is 3.31. The number of thioether (sulfide) groups is 1. The van der Waals surface area contributed by atoms with Gasteiger partial charge in [0, 0.05) is 10.4 Å². The van der Waals surface area contributed by atoms with E-state index >= 15 is 0 Å². The summed E-state index contributed by atoms with van der Waals surface area (Å²) in [5.41, 5.74) is 0.555. The molecule has 9 heteroatoms. The largest absolute Gasteiger partial charge is 0.350 e. The van der Waals surface area contributed by atoms with E-state index in [0.717, 1.165) is 4.88 Å². The number of hydrogen-bond acceptors (Lipinski definition) is 7. The van der Waals surface area contributed by atoms with Gasteiger partial charge in [0.2, 0.25) is 11.0 Å². The third-order valence-electron chi connectivity index (χ3n) is 3.03. The molecule has 0 aliphatic carbocycles. The van der Waals surface area contributed by atoms with E-state index in [4.69, 9.17) is 0 Å². The molecule has 3 rings (SSSR count). The molecule has 25 heavy (non-hydrogen) atoms. The zero-order valence-electron chi connectivity index (χ0n) is 13.0. The number of thiophene rings is 1. The molecule has 1 aromatic carbocycles. The minimum Gasteiger partial charge on any atom is -0.350 e. The number of rotatable bonds is 7. The first kappa shape index (κ1) is 17.6. The number of benzene rings is 1. The van der Waals surface area contributed by atoms with Gasteiger partial charge in [-0.3, -0.25) is 14.9 Å². The highest BCUT2D eigenvalue weighted by Gasteiger charge is 2.11. The first-order valence-electron chi connectivity index (χ1n) is 7.32. The highest BCUT2D eigenvalue weighted by Crippen LogP contribution is 2.25. The summed E-state index contributed by atoms with van der Waals surface area (Å²) >= 11 is 4.14. The molecule has 0 unspecified atom stereocenters. The van der Waals surface area contributed by atoms with E-state index in [1.165, 1.54) is 23.1 Å². The van der Waals surface area contributed by atoms with Crippen LogP contribution in [-0.2, 0) is 11.3 Å². The third-order valence-corrected chi connectivity index (χ3v) is 5.88. The highest BCUT2D eigenvalue weighted by molar-refractivity contribution is 8.01. The summed E-state index contributed by atoms with van der Waals surface area (Å²) in [7, 11) is 0. The van der Waals surface area contributed by atoms with Gasteiger partial charge >= 0.3 is 0 Å². The van der Waals surface area contributed by atoms with Crippen molar-refractivity contribution in [2.24, 2.45) is 0 Å². The summed E-state index contributed by atoms with van der Waals surface area (Å²) in [5, 5.41) is 15.9. The zero-order chi connectivity index (χ0) is 17.5. The lowest BCUT2D eigenvalue weighted by Gasteiger charge is -2.01. The molecule has 0 fully saturated rings. The maximum atomic E-state index is 12.0. The second-order valence-corrected chi connectivity index (χ2v) is 8.07. The number of aromatic nitrogens is 2. The molecule has 0 aliphatic rings. The predicted molar refractivity (Wildman–Crippen MR) is 101 cm³/mol. The molecule has 0 saturated heterocycles. The lowest BCUT2D eigenvalue weighted by molar-refractivity contribution is -0.118. The van der Waals surface area contributed by atoms with Gasteiger partial charge in [-0.15, -0.1) is 21.5 Å². The Morgan fingerprint density at radius 3 is 2.68 bits per heavy atom. The minimum absolute atomic E-state index is 0.0662. The Bertz CT molecular complexity index is 834. The van der Waals surface area contributed by atoms with Crippen molar-refractivity contribution in [1.82, 2.24) is 15.5 Å². The van der Waals surface area contributed by atoms with Gasteiger partial charge in [0.25, 0.3) is 5.91 Å². The molecule has 128 valence electrons. The molecule has 3 aromatic rings. The predicted octanol–water partition coefficient (Wildman–Crippen LogP) is 3.26. The van der Waals surface area contributed by atoms with Crippen LogP contribution in [0.5, 0.6) is 0 Å². The molecule has 2 amide bonds. The number of anilines is 1. The van der Waals surface area contributed by atoms with E-state index < -0.39 is 0 Å². The van der Waals surface area contributed by atoms with Crippen molar-refractivity contribution < 1.29 is 9.59 Å². The fourth-order valence-corrected chi connectivity index (χ4v) is 4.08. The van der Waals surface area contributed by atoms with Crippen LogP contribution < -0.4 is 10.6 Å². The molecule has 0 saturated carbocycles. The Labute approximate surface area is 156 Å². The Morgan fingerprint density at radius 2 is 1.92 bits per heavy atom. The van der Waals surface area contributed by atoms with E-state index in [9.17, 15) is 9.59 Å². The van der Waals surface area contributed by atoms with Gasteiger partial charge in [-0.2, -0.15) is 0 Å². The zero-order valence-corrected chi connectivity index (χ0v) is 15.4. The number of nitrogens with one attached hydrogen (secondary N) is 2. The molecule has 2 aromatic heterocycles. The van der Waals surface area contributed by atoms with Crippen molar-refractivity contribution in [2.75, 3.05) is 11.1 Å². The Kier molecular flexibility index (Phi) is 6.15. The standard InChI is InChI=1S/C16H14N4O2S3/c21-13(17-9-12-7-4-8-23-12)10-24-16-20-19-15(25-16)18-14(22)11-5-2-1-3-6-11/h1-8H,9-10H2,(H,17,21)(H,18,19,22). The monoisotopic (exact) mass is 390 g/mol. The van der Waals surface area contributed by atoms with Crippen LogP contribution in [0.1, 0.15) is 15.2 Å². The lowest BCUT2D eigenvalue weighted by Crippen LogP contribution is -2.24. The van der Waals surface area contributed by atoms with Crippen molar-refractivity contribution in [3.05, 3.63) is 58.3 Å². The quantitative estimate of drug-likeness (QED) is 0.478. The van der Waals surface area contributed by atoms with Gasteiger partial charge in [-0.05, 0) is 23.6 Å². The molecule has 6 nitrogen and oxygen atoms in total. The summed E-state index contributed by atoms with van der Waals surface area (Å²) in [4.78, 5) is 25.0. The van der Waals surface area contributed by atoms with Gasteiger partial charge in [-0.25, -0.2) is 0 Å². The maximum absolute atomic E-state index is 12.0. The van der Waals surface area contributed by atoms with E-state index in [1.54, 1.807) is 35.6 Å². The number of amides is 2. The van der Waals surface area contributed by atoms with Crippen molar-refractivity contribution in [1.29, 1.82) is 0 Å². The summed E-state index contributed by atoms with van der Waals surface area (Å²) in [5.74, 6) is -0.0439. The number of carbonyl (C=O) groups is 2. The summed E-state index contributed by atoms with van der Waals surface area (Å²) < 4.78 is 0.634. The van der Waals surface area contributed by atoms with Crippen LogP contribution in [0.4, 0.5) is 5.13 Å². The smallest absolute Gasteiger partial charge is 0.257 e. The number of hydrogen-bond donors (Lipinski definition) is 2. The molecule has 0 spiro atoms. The molecule has 0 atom stereocenters. The van der Waals surface area contributed by atoms with Crippen LogP contribution in [0.15, 0.2) is 52.2 Å². The summed E-state index contributed by atoms with van der Waals surface area (Å²) in [6, 6.07) is 12.8. The fraction of sp³-hybridized carbons (Fsp3) is 0.125. The van der Waals surface area contributed by atoms with Crippen molar-refractivity contribution in [3.63, 3.8) is 0 Å². The molecule has 0 bridgehead atoms. The maximum Gasteiger partial charge on any atom is 0.257 e. The Hall–Kier alpha value is -2.23. The molecule has 0 aliphatic heterocycles. The van der Waals surface area contributed by atoms with E-state index in [1.807, 2.05) is 23.6 Å². The van der Waals surface area contributed by atoms with Crippen molar-refractivity contribution >= 4 is 51.4 Å². The number of nitrogens with zero attached hydrogens (tertiary/aromatic N) is 2. The van der Waals surface area contributed by atoms with Crippen LogP contribution in [0.3, 0.4) is 0 Å². The molecular weight excluding hydrogens is 376 g/mol. The SMILES string of the molecule is O=C(CSc1nnc(NC(=O)c2ccccc2)s1)NCc1cccs1. The average molecular weight is 391 g/mol. The van der Waals surface area contributed by atoms with Crippen molar-refractivity contribution in [3.8, 4) is 0 Å². The summed E-state index contributed by atoms with van der Waals surface area (Å²) in [6.45, 7) is 0.533. The second kappa shape index (κ2) is 8.75. The van der Waals surface area contributed by atoms with Crippen LogP contribution in [0.25, 0.3) is 0 Å². The van der Waals surface area contributed by atoms with Crippen molar-refractivity contribution in [2.45, 2.75) is 10.9 Å². The van der Waals surface area contributed by atoms with Crippen LogP contribution in [0, 0.1) is 0 Å². The molecule has 2 N–H and O–H groups in total. The minimum atomic E-state index is -0.234. The molecule has 0 radical (unpaired) electrons. The molecule has 2 heterocycles. The Balaban J connectivity index is 1.45. The normalized spacial score (nSPS) is 10.4. The van der Waals surface area contributed by atoms with Crippen LogP contribution >= 0.6 is 34.4 Å². The highest BCUT2D eigenvalue weighted by atomic mass is 32.2. The van der Waals surface area contributed by atoms with Gasteiger partial charge < -0.3 is 5.32 Å². The number of carbonyl (C=O) groups excluding carboxylic acids is 2. The second-order valence-electron chi connectivity index (χ2n) is 4.84. The fourth-order valence-electron chi connectivity index (χ4n) is 1.85. The first-order valence-corrected chi connectivity index (χ1v) is 10.0. The third kappa shape index (κ3) is 5.38. The van der Waals surface area contributed by atoms with E-state index in [-0.39, 0.29) is 17.6 Å².